The van der Waals surface area contributed by atoms with Gasteiger partial charge in [0, 0.05) is 11.6 Å². The molecule has 0 saturated heterocycles. The SMILES string of the molecule is COc1cc(C(=O)NNC(=O)/C=C/c2ccccc2)ccc1OC(C)C. The molecule has 2 N–H and O–H groups in total. The van der Waals surface area contributed by atoms with Crippen LogP contribution in [0.5, 0.6) is 11.5 Å². The quantitative estimate of drug-likeness (QED) is 0.618. The van der Waals surface area contributed by atoms with E-state index < -0.39 is 11.8 Å². The van der Waals surface area contributed by atoms with Gasteiger partial charge in [-0.3, -0.25) is 20.4 Å². The lowest BCUT2D eigenvalue weighted by Crippen LogP contribution is -2.40. The highest BCUT2D eigenvalue weighted by molar-refractivity contribution is 5.98. The fraction of sp³-hybridized carbons (Fsp3) is 0.200. The number of carbonyl (C=O) groups excluding carboxylic acids is 2. The summed E-state index contributed by atoms with van der Waals surface area (Å²) in [4.78, 5) is 24.0. The third-order valence-electron chi connectivity index (χ3n) is 3.31. The van der Waals surface area contributed by atoms with Gasteiger partial charge in [0.15, 0.2) is 11.5 Å². The van der Waals surface area contributed by atoms with Gasteiger partial charge >= 0.3 is 0 Å². The summed E-state index contributed by atoms with van der Waals surface area (Å²) in [6, 6.07) is 14.2. The predicted molar refractivity (Wildman–Crippen MR) is 99.8 cm³/mol. The van der Waals surface area contributed by atoms with Crippen molar-refractivity contribution in [2.45, 2.75) is 20.0 Å². The van der Waals surface area contributed by atoms with E-state index in [1.54, 1.807) is 24.3 Å². The fourth-order valence-corrected chi connectivity index (χ4v) is 2.13. The van der Waals surface area contributed by atoms with E-state index in [2.05, 4.69) is 10.9 Å². The molecule has 0 bridgehead atoms. The molecule has 2 amide bonds. The van der Waals surface area contributed by atoms with Gasteiger partial charge < -0.3 is 9.47 Å². The Morgan fingerprint density at radius 1 is 1.00 bits per heavy atom. The molecule has 0 atom stereocenters. The van der Waals surface area contributed by atoms with Crippen LogP contribution < -0.4 is 20.3 Å². The molecule has 2 aromatic rings. The van der Waals surface area contributed by atoms with E-state index in [0.717, 1.165) is 5.56 Å². The summed E-state index contributed by atoms with van der Waals surface area (Å²) >= 11 is 0. The van der Waals surface area contributed by atoms with E-state index in [-0.39, 0.29) is 6.10 Å². The van der Waals surface area contributed by atoms with E-state index in [4.69, 9.17) is 9.47 Å². The molecule has 2 rings (SSSR count). The van der Waals surface area contributed by atoms with Gasteiger partial charge in [0.05, 0.1) is 13.2 Å². The van der Waals surface area contributed by atoms with Crippen LogP contribution in [0.25, 0.3) is 6.08 Å². The number of nitrogens with one attached hydrogen (secondary N) is 2. The smallest absolute Gasteiger partial charge is 0.269 e. The number of rotatable bonds is 6. The Labute approximate surface area is 152 Å². The van der Waals surface area contributed by atoms with Crippen molar-refractivity contribution in [2.75, 3.05) is 7.11 Å². The first-order valence-electron chi connectivity index (χ1n) is 8.17. The summed E-state index contributed by atoms with van der Waals surface area (Å²) in [5.41, 5.74) is 5.93. The van der Waals surface area contributed by atoms with Crippen LogP contribution in [0.4, 0.5) is 0 Å². The maximum absolute atomic E-state index is 12.2. The minimum atomic E-state index is -0.458. The molecule has 0 aliphatic rings. The topological polar surface area (TPSA) is 76.7 Å². The maximum Gasteiger partial charge on any atom is 0.269 e. The van der Waals surface area contributed by atoms with Crippen molar-refractivity contribution in [3.8, 4) is 11.5 Å². The first-order valence-corrected chi connectivity index (χ1v) is 8.17. The van der Waals surface area contributed by atoms with Crippen molar-refractivity contribution in [1.82, 2.24) is 10.9 Å². The molecule has 0 aliphatic carbocycles. The van der Waals surface area contributed by atoms with Crippen molar-refractivity contribution in [2.24, 2.45) is 0 Å². The highest BCUT2D eigenvalue weighted by Crippen LogP contribution is 2.28. The Kier molecular flexibility index (Phi) is 6.79. The van der Waals surface area contributed by atoms with Gasteiger partial charge in [-0.15, -0.1) is 0 Å². The summed E-state index contributed by atoms with van der Waals surface area (Å²) in [5.74, 6) is 0.102. The zero-order valence-electron chi connectivity index (χ0n) is 15.0. The highest BCUT2D eigenvalue weighted by Gasteiger charge is 2.12. The minimum Gasteiger partial charge on any atom is -0.493 e. The van der Waals surface area contributed by atoms with Crippen LogP contribution in [-0.4, -0.2) is 25.0 Å². The summed E-state index contributed by atoms with van der Waals surface area (Å²) in [5, 5.41) is 0. The van der Waals surface area contributed by atoms with Gasteiger partial charge in [0.25, 0.3) is 11.8 Å². The normalized spacial score (nSPS) is 10.6. The number of amides is 2. The van der Waals surface area contributed by atoms with Gasteiger partial charge in [-0.1, -0.05) is 30.3 Å². The second-order valence-corrected chi connectivity index (χ2v) is 5.72. The molecular weight excluding hydrogens is 332 g/mol. The lowest BCUT2D eigenvalue weighted by Gasteiger charge is -2.14. The summed E-state index contributed by atoms with van der Waals surface area (Å²) in [6.45, 7) is 3.80. The van der Waals surface area contributed by atoms with E-state index in [0.29, 0.717) is 17.1 Å². The Morgan fingerprint density at radius 2 is 1.73 bits per heavy atom. The third kappa shape index (κ3) is 5.66. The number of hydrazine groups is 1. The first kappa shape index (κ1) is 19.1. The molecule has 0 fully saturated rings. The van der Waals surface area contributed by atoms with Gasteiger partial charge in [-0.05, 0) is 43.7 Å². The van der Waals surface area contributed by atoms with Crippen molar-refractivity contribution in [3.05, 3.63) is 65.7 Å². The van der Waals surface area contributed by atoms with Crippen molar-refractivity contribution < 1.29 is 19.1 Å². The second-order valence-electron chi connectivity index (χ2n) is 5.72. The zero-order chi connectivity index (χ0) is 18.9. The van der Waals surface area contributed by atoms with E-state index in [9.17, 15) is 9.59 Å². The monoisotopic (exact) mass is 354 g/mol. The second kappa shape index (κ2) is 9.27. The number of carbonyl (C=O) groups is 2. The van der Waals surface area contributed by atoms with Gasteiger partial charge in [0.1, 0.15) is 0 Å². The van der Waals surface area contributed by atoms with Crippen LogP contribution in [-0.2, 0) is 4.79 Å². The van der Waals surface area contributed by atoms with Crippen LogP contribution in [0, 0.1) is 0 Å². The molecule has 2 aromatic carbocycles. The number of hydrogen-bond acceptors (Lipinski definition) is 4. The third-order valence-corrected chi connectivity index (χ3v) is 3.31. The molecule has 0 spiro atoms. The van der Waals surface area contributed by atoms with Crippen LogP contribution in [0.3, 0.4) is 0 Å². The molecule has 0 aromatic heterocycles. The molecule has 6 heteroatoms. The lowest BCUT2D eigenvalue weighted by atomic mass is 10.2. The van der Waals surface area contributed by atoms with Crippen LogP contribution in [0.1, 0.15) is 29.8 Å². The lowest BCUT2D eigenvalue weighted by molar-refractivity contribution is -0.117. The minimum absolute atomic E-state index is 0.0146. The summed E-state index contributed by atoms with van der Waals surface area (Å²) in [6.07, 6.45) is 2.98. The maximum atomic E-state index is 12.2. The number of ether oxygens (including phenoxy) is 2. The summed E-state index contributed by atoms with van der Waals surface area (Å²) in [7, 11) is 1.50. The Morgan fingerprint density at radius 3 is 2.38 bits per heavy atom. The van der Waals surface area contributed by atoms with E-state index >= 15 is 0 Å². The standard InChI is InChI=1S/C20H22N2O4/c1-14(2)26-17-11-10-16(13-18(17)25-3)20(24)22-21-19(23)12-9-15-7-5-4-6-8-15/h4-14H,1-3H3,(H,21,23)(H,22,24)/b12-9+. The highest BCUT2D eigenvalue weighted by atomic mass is 16.5. The first-order chi connectivity index (χ1) is 12.5. The predicted octanol–water partition coefficient (Wildman–Crippen LogP) is 2.96. The molecule has 0 heterocycles. The van der Waals surface area contributed by atoms with E-state index in [1.165, 1.54) is 13.2 Å². The molecule has 0 saturated carbocycles. The van der Waals surface area contributed by atoms with Gasteiger partial charge in [0.2, 0.25) is 0 Å². The largest absolute Gasteiger partial charge is 0.493 e. The molecule has 0 aliphatic heterocycles. The van der Waals surface area contributed by atoms with Crippen LogP contribution >= 0.6 is 0 Å². The van der Waals surface area contributed by atoms with Crippen molar-refractivity contribution in [1.29, 1.82) is 0 Å². The number of hydrogen-bond donors (Lipinski definition) is 2. The zero-order valence-corrected chi connectivity index (χ0v) is 15.0. The summed E-state index contributed by atoms with van der Waals surface area (Å²) < 4.78 is 10.9. The molecule has 6 nitrogen and oxygen atoms in total. The molecular formula is C20H22N2O4. The van der Waals surface area contributed by atoms with Crippen molar-refractivity contribution in [3.63, 3.8) is 0 Å². The fourth-order valence-electron chi connectivity index (χ4n) is 2.13. The van der Waals surface area contributed by atoms with E-state index in [1.807, 2.05) is 44.2 Å². The van der Waals surface area contributed by atoms with Gasteiger partial charge in [-0.2, -0.15) is 0 Å². The Hall–Kier alpha value is -3.28. The Bertz CT molecular complexity index is 786. The molecule has 0 unspecified atom stereocenters. The van der Waals surface area contributed by atoms with Crippen LogP contribution in [0.2, 0.25) is 0 Å². The molecule has 136 valence electrons. The average Bonchev–Trinajstić information content (AvgIpc) is 2.65. The number of methoxy groups -OCH3 is 1. The average molecular weight is 354 g/mol. The van der Waals surface area contributed by atoms with Crippen molar-refractivity contribution >= 4 is 17.9 Å². The molecule has 0 radical (unpaired) electrons. The van der Waals surface area contributed by atoms with Crippen LogP contribution in [0.15, 0.2) is 54.6 Å². The Balaban J connectivity index is 1.95. The number of benzene rings is 2. The van der Waals surface area contributed by atoms with Gasteiger partial charge in [-0.25, -0.2) is 0 Å². The molecule has 26 heavy (non-hydrogen) atoms.